The van der Waals surface area contributed by atoms with Crippen LogP contribution in [-0.4, -0.2) is 17.0 Å². The minimum absolute atomic E-state index is 0.614. The Balaban J connectivity index is 2.20. The molecule has 0 saturated heterocycles. The van der Waals surface area contributed by atoms with Gasteiger partial charge >= 0.3 is 0 Å². The SMILES string of the molecule is Cc1nc(NN)cc(N(C)Cc2cccc(Br)c2)n1. The molecule has 0 amide bonds. The lowest BCUT2D eigenvalue weighted by molar-refractivity contribution is 0.879. The van der Waals surface area contributed by atoms with Crippen molar-refractivity contribution in [3.05, 3.63) is 46.2 Å². The first kappa shape index (κ1) is 13.8. The van der Waals surface area contributed by atoms with Gasteiger partial charge in [-0.2, -0.15) is 0 Å². The average molecular weight is 322 g/mol. The highest BCUT2D eigenvalue weighted by atomic mass is 79.9. The molecule has 0 aliphatic carbocycles. The third kappa shape index (κ3) is 3.65. The standard InChI is InChI=1S/C13H16BrN5/c1-9-16-12(18-15)7-13(17-9)19(2)8-10-4-3-5-11(14)6-10/h3-7H,8,15H2,1-2H3,(H,16,17,18). The Bertz CT molecular complexity index is 573. The number of nitrogens with two attached hydrogens (primary N) is 1. The van der Waals surface area contributed by atoms with Crippen molar-refractivity contribution in [2.75, 3.05) is 17.4 Å². The van der Waals surface area contributed by atoms with Gasteiger partial charge in [-0.25, -0.2) is 15.8 Å². The zero-order valence-corrected chi connectivity index (χ0v) is 12.5. The van der Waals surface area contributed by atoms with Crippen LogP contribution in [0.3, 0.4) is 0 Å². The highest BCUT2D eigenvalue weighted by Gasteiger charge is 2.07. The summed E-state index contributed by atoms with van der Waals surface area (Å²) >= 11 is 3.47. The highest BCUT2D eigenvalue weighted by Crippen LogP contribution is 2.18. The summed E-state index contributed by atoms with van der Waals surface area (Å²) in [6, 6.07) is 10.0. The minimum atomic E-state index is 0.614. The number of aryl methyl sites for hydroxylation is 1. The Morgan fingerprint density at radius 2 is 2.11 bits per heavy atom. The quantitative estimate of drug-likeness (QED) is 0.669. The molecule has 0 atom stereocenters. The lowest BCUT2D eigenvalue weighted by atomic mass is 10.2. The van der Waals surface area contributed by atoms with Gasteiger partial charge in [0.1, 0.15) is 17.5 Å². The fraction of sp³-hybridized carbons (Fsp3) is 0.231. The van der Waals surface area contributed by atoms with Gasteiger partial charge in [0, 0.05) is 24.1 Å². The summed E-state index contributed by atoms with van der Waals surface area (Å²) in [5.41, 5.74) is 3.75. The number of aromatic nitrogens is 2. The Kier molecular flexibility index (Phi) is 4.34. The van der Waals surface area contributed by atoms with E-state index in [1.54, 1.807) is 0 Å². The summed E-state index contributed by atoms with van der Waals surface area (Å²) in [5.74, 6) is 7.53. The molecule has 0 fully saturated rings. The van der Waals surface area contributed by atoms with Crippen molar-refractivity contribution in [1.82, 2.24) is 9.97 Å². The average Bonchev–Trinajstić information content (AvgIpc) is 2.38. The molecule has 1 aromatic heterocycles. The van der Waals surface area contributed by atoms with Crippen LogP contribution in [-0.2, 0) is 6.54 Å². The molecule has 0 aliphatic rings. The van der Waals surface area contributed by atoms with E-state index in [1.165, 1.54) is 5.56 Å². The van der Waals surface area contributed by atoms with E-state index < -0.39 is 0 Å². The number of benzene rings is 1. The number of hydrazine groups is 1. The maximum atomic E-state index is 5.40. The van der Waals surface area contributed by atoms with E-state index in [0.29, 0.717) is 11.6 Å². The van der Waals surface area contributed by atoms with E-state index in [9.17, 15) is 0 Å². The fourth-order valence-electron chi connectivity index (χ4n) is 1.81. The van der Waals surface area contributed by atoms with Gasteiger partial charge in [-0.3, -0.25) is 0 Å². The molecule has 0 radical (unpaired) electrons. The number of hydrogen-bond donors (Lipinski definition) is 2. The second-order valence-corrected chi connectivity index (χ2v) is 5.20. The molecule has 1 aromatic carbocycles. The van der Waals surface area contributed by atoms with Crippen LogP contribution < -0.4 is 16.2 Å². The van der Waals surface area contributed by atoms with Crippen LogP contribution in [0.15, 0.2) is 34.8 Å². The maximum Gasteiger partial charge on any atom is 0.145 e. The van der Waals surface area contributed by atoms with E-state index in [2.05, 4.69) is 48.4 Å². The van der Waals surface area contributed by atoms with Gasteiger partial charge in [0.05, 0.1) is 0 Å². The topological polar surface area (TPSA) is 67.1 Å². The summed E-state index contributed by atoms with van der Waals surface area (Å²) in [5, 5.41) is 0. The maximum absolute atomic E-state index is 5.40. The lowest BCUT2D eigenvalue weighted by Gasteiger charge is -2.19. The second-order valence-electron chi connectivity index (χ2n) is 4.29. The van der Waals surface area contributed by atoms with E-state index in [0.717, 1.165) is 16.8 Å². The van der Waals surface area contributed by atoms with Gasteiger partial charge in [-0.05, 0) is 24.6 Å². The predicted octanol–water partition coefficient (Wildman–Crippen LogP) is 2.47. The molecule has 2 rings (SSSR count). The van der Waals surface area contributed by atoms with Gasteiger partial charge < -0.3 is 10.3 Å². The number of nitrogens with one attached hydrogen (secondary N) is 1. The molecule has 0 spiro atoms. The Morgan fingerprint density at radius 3 is 2.79 bits per heavy atom. The normalized spacial score (nSPS) is 10.3. The summed E-state index contributed by atoms with van der Waals surface area (Å²) in [4.78, 5) is 10.6. The summed E-state index contributed by atoms with van der Waals surface area (Å²) in [7, 11) is 1.99. The molecular weight excluding hydrogens is 306 g/mol. The van der Waals surface area contributed by atoms with Crippen LogP contribution in [0.4, 0.5) is 11.6 Å². The molecule has 6 heteroatoms. The lowest BCUT2D eigenvalue weighted by Crippen LogP contribution is -2.19. The van der Waals surface area contributed by atoms with E-state index in [-0.39, 0.29) is 0 Å². The molecular formula is C13H16BrN5. The number of nitrogen functional groups attached to an aromatic ring is 1. The second kappa shape index (κ2) is 5.99. The first-order valence-corrected chi connectivity index (χ1v) is 6.65. The van der Waals surface area contributed by atoms with Crippen molar-refractivity contribution in [1.29, 1.82) is 0 Å². The summed E-state index contributed by atoms with van der Waals surface area (Å²) < 4.78 is 1.07. The minimum Gasteiger partial charge on any atom is -0.355 e. The molecule has 3 N–H and O–H groups in total. The zero-order chi connectivity index (χ0) is 13.8. The number of nitrogens with zero attached hydrogens (tertiary/aromatic N) is 3. The third-order valence-corrected chi connectivity index (χ3v) is 3.17. The van der Waals surface area contributed by atoms with E-state index in [4.69, 9.17) is 5.84 Å². The highest BCUT2D eigenvalue weighted by molar-refractivity contribution is 9.10. The van der Waals surface area contributed by atoms with Gasteiger partial charge in [-0.15, -0.1) is 0 Å². The number of anilines is 2. The molecule has 19 heavy (non-hydrogen) atoms. The largest absolute Gasteiger partial charge is 0.355 e. The number of halogens is 1. The summed E-state index contributed by atoms with van der Waals surface area (Å²) in [6.07, 6.45) is 0. The molecule has 0 unspecified atom stereocenters. The Hall–Kier alpha value is -1.66. The molecule has 2 aromatic rings. The molecule has 1 heterocycles. The first-order chi connectivity index (χ1) is 9.08. The Labute approximate surface area is 121 Å². The molecule has 0 bridgehead atoms. The van der Waals surface area contributed by atoms with Crippen LogP contribution in [0.5, 0.6) is 0 Å². The third-order valence-electron chi connectivity index (χ3n) is 2.67. The molecule has 0 aliphatic heterocycles. The van der Waals surface area contributed by atoms with Crippen molar-refractivity contribution in [2.24, 2.45) is 5.84 Å². The van der Waals surface area contributed by atoms with Crippen molar-refractivity contribution >= 4 is 27.6 Å². The van der Waals surface area contributed by atoms with Crippen LogP contribution >= 0.6 is 15.9 Å². The number of hydrogen-bond acceptors (Lipinski definition) is 5. The Morgan fingerprint density at radius 1 is 1.32 bits per heavy atom. The van der Waals surface area contributed by atoms with Crippen LogP contribution in [0.25, 0.3) is 0 Å². The van der Waals surface area contributed by atoms with Gasteiger partial charge in [0.2, 0.25) is 0 Å². The molecule has 5 nitrogen and oxygen atoms in total. The van der Waals surface area contributed by atoms with Crippen molar-refractivity contribution in [3.8, 4) is 0 Å². The zero-order valence-electron chi connectivity index (χ0n) is 10.9. The monoisotopic (exact) mass is 321 g/mol. The van der Waals surface area contributed by atoms with Crippen molar-refractivity contribution in [3.63, 3.8) is 0 Å². The molecule has 100 valence electrons. The van der Waals surface area contributed by atoms with Crippen LogP contribution in [0, 0.1) is 6.92 Å². The number of rotatable bonds is 4. The fourth-order valence-corrected chi connectivity index (χ4v) is 2.26. The van der Waals surface area contributed by atoms with Gasteiger partial charge in [0.25, 0.3) is 0 Å². The van der Waals surface area contributed by atoms with E-state index in [1.807, 2.05) is 32.2 Å². The van der Waals surface area contributed by atoms with Gasteiger partial charge in [0.15, 0.2) is 0 Å². The summed E-state index contributed by atoms with van der Waals surface area (Å²) in [6.45, 7) is 2.61. The predicted molar refractivity (Wildman–Crippen MR) is 80.8 cm³/mol. The first-order valence-electron chi connectivity index (χ1n) is 5.86. The molecule has 0 saturated carbocycles. The van der Waals surface area contributed by atoms with Gasteiger partial charge in [-0.1, -0.05) is 28.1 Å². The van der Waals surface area contributed by atoms with Crippen molar-refractivity contribution in [2.45, 2.75) is 13.5 Å². The smallest absolute Gasteiger partial charge is 0.145 e. The van der Waals surface area contributed by atoms with Crippen LogP contribution in [0.1, 0.15) is 11.4 Å². The van der Waals surface area contributed by atoms with E-state index >= 15 is 0 Å². The van der Waals surface area contributed by atoms with Crippen molar-refractivity contribution < 1.29 is 0 Å². The van der Waals surface area contributed by atoms with Crippen LogP contribution in [0.2, 0.25) is 0 Å².